The van der Waals surface area contributed by atoms with E-state index in [2.05, 4.69) is 46.9 Å². The second-order valence-corrected chi connectivity index (χ2v) is 6.18. The van der Waals surface area contributed by atoms with Gasteiger partial charge in [-0.3, -0.25) is 0 Å². The smallest absolute Gasteiger partial charge is 0.0846 e. The van der Waals surface area contributed by atoms with Gasteiger partial charge in [0.15, 0.2) is 0 Å². The number of nitrogens with zero attached hydrogens (tertiary/aromatic N) is 1. The third-order valence-corrected chi connectivity index (χ3v) is 4.60. The van der Waals surface area contributed by atoms with Crippen LogP contribution in [-0.2, 0) is 11.2 Å². The van der Waals surface area contributed by atoms with Gasteiger partial charge in [-0.05, 0) is 36.9 Å². The number of nitrogens with one attached hydrogen (secondary N) is 1. The lowest BCUT2D eigenvalue weighted by Gasteiger charge is -2.29. The van der Waals surface area contributed by atoms with Crippen LogP contribution in [0, 0.1) is 0 Å². The third kappa shape index (κ3) is 3.51. The Morgan fingerprint density at radius 3 is 3.14 bits per heavy atom. The Labute approximate surface area is 130 Å². The fourth-order valence-electron chi connectivity index (χ4n) is 2.91. The predicted molar refractivity (Wildman–Crippen MR) is 86.6 cm³/mol. The second kappa shape index (κ2) is 7.16. The van der Waals surface area contributed by atoms with E-state index in [0.29, 0.717) is 0 Å². The Morgan fingerprint density at radius 1 is 1.43 bits per heavy atom. The summed E-state index contributed by atoms with van der Waals surface area (Å²) in [7, 11) is 0. The molecule has 0 spiro atoms. The minimum atomic E-state index is 0.172. The van der Waals surface area contributed by atoms with E-state index in [9.17, 15) is 0 Å². The number of hydrogen-bond acceptors (Lipinski definition) is 4. The molecular formula is C17H22N2OS. The zero-order chi connectivity index (χ0) is 14.5. The maximum Gasteiger partial charge on any atom is 0.0846 e. The van der Waals surface area contributed by atoms with Crippen molar-refractivity contribution in [3.63, 3.8) is 0 Å². The molecule has 0 saturated heterocycles. The molecule has 0 aliphatic carbocycles. The van der Waals surface area contributed by atoms with Gasteiger partial charge in [-0.2, -0.15) is 0 Å². The van der Waals surface area contributed by atoms with E-state index in [1.165, 1.54) is 11.1 Å². The molecule has 2 atom stereocenters. The molecule has 4 heteroatoms. The van der Waals surface area contributed by atoms with Crippen LogP contribution in [0.4, 0.5) is 0 Å². The van der Waals surface area contributed by atoms with Gasteiger partial charge in [-0.1, -0.05) is 31.2 Å². The summed E-state index contributed by atoms with van der Waals surface area (Å²) in [5.74, 6) is 0. The van der Waals surface area contributed by atoms with Crippen LogP contribution in [0.15, 0.2) is 35.2 Å². The third-order valence-electron chi connectivity index (χ3n) is 3.99. The topological polar surface area (TPSA) is 34.1 Å². The first-order chi connectivity index (χ1) is 10.4. The first-order valence-electron chi connectivity index (χ1n) is 7.69. The Bertz CT molecular complexity index is 556. The van der Waals surface area contributed by atoms with Crippen LogP contribution in [0.25, 0.3) is 0 Å². The molecule has 1 aromatic heterocycles. The zero-order valence-corrected chi connectivity index (χ0v) is 13.2. The summed E-state index contributed by atoms with van der Waals surface area (Å²) >= 11 is 1.66. The van der Waals surface area contributed by atoms with Crippen molar-refractivity contribution in [1.29, 1.82) is 0 Å². The number of aromatic nitrogens is 1. The molecule has 2 heterocycles. The highest BCUT2D eigenvalue weighted by atomic mass is 32.1. The van der Waals surface area contributed by atoms with Crippen LogP contribution >= 0.6 is 11.3 Å². The van der Waals surface area contributed by atoms with Crippen LogP contribution < -0.4 is 5.32 Å². The second-order valence-electron chi connectivity index (χ2n) is 5.46. The lowest BCUT2D eigenvalue weighted by molar-refractivity contribution is 0.0290. The zero-order valence-electron chi connectivity index (χ0n) is 12.4. The van der Waals surface area contributed by atoms with Crippen molar-refractivity contribution >= 4 is 11.3 Å². The Balaban J connectivity index is 1.77. The standard InChI is InChI=1S/C17H22N2OS/c1-2-8-18-15(16-11-21-12-19-16)10-17-14-6-4-3-5-13(14)7-9-20-17/h3-6,11-12,15,17-18H,2,7-10H2,1H3. The lowest BCUT2D eigenvalue weighted by atomic mass is 9.93. The fraction of sp³-hybridized carbons (Fsp3) is 0.471. The quantitative estimate of drug-likeness (QED) is 0.879. The molecule has 1 aromatic carbocycles. The average Bonchev–Trinajstić information content (AvgIpc) is 3.06. The Hall–Kier alpha value is -1.23. The van der Waals surface area contributed by atoms with Crippen LogP contribution in [0.5, 0.6) is 0 Å². The summed E-state index contributed by atoms with van der Waals surface area (Å²) < 4.78 is 6.05. The fourth-order valence-corrected chi connectivity index (χ4v) is 3.52. The summed E-state index contributed by atoms with van der Waals surface area (Å²) in [6.45, 7) is 4.02. The molecule has 2 unspecified atom stereocenters. The van der Waals surface area contributed by atoms with E-state index in [1.807, 2.05) is 5.51 Å². The van der Waals surface area contributed by atoms with E-state index in [4.69, 9.17) is 4.74 Å². The van der Waals surface area contributed by atoms with Crippen LogP contribution in [0.1, 0.15) is 48.7 Å². The molecule has 0 radical (unpaired) electrons. The number of hydrogen-bond donors (Lipinski definition) is 1. The van der Waals surface area contributed by atoms with Gasteiger partial charge in [0, 0.05) is 5.38 Å². The van der Waals surface area contributed by atoms with Crippen LogP contribution in [0.2, 0.25) is 0 Å². The van der Waals surface area contributed by atoms with Gasteiger partial charge in [0.1, 0.15) is 0 Å². The molecule has 1 aliphatic heterocycles. The molecule has 112 valence electrons. The van der Waals surface area contributed by atoms with Crippen molar-refractivity contribution in [1.82, 2.24) is 10.3 Å². The monoisotopic (exact) mass is 302 g/mol. The highest BCUT2D eigenvalue weighted by Crippen LogP contribution is 2.34. The number of benzene rings is 1. The molecule has 3 nitrogen and oxygen atoms in total. The number of fused-ring (bicyclic) bond motifs is 1. The van der Waals surface area contributed by atoms with Crippen molar-refractivity contribution in [2.24, 2.45) is 0 Å². The number of rotatable bonds is 6. The molecule has 0 amide bonds. The molecule has 21 heavy (non-hydrogen) atoms. The molecule has 3 rings (SSSR count). The maximum absolute atomic E-state index is 6.05. The summed E-state index contributed by atoms with van der Waals surface area (Å²) in [5, 5.41) is 5.76. The first-order valence-corrected chi connectivity index (χ1v) is 8.63. The van der Waals surface area contributed by atoms with Crippen molar-refractivity contribution in [2.45, 2.75) is 38.3 Å². The first kappa shape index (κ1) is 14.7. The molecule has 0 fully saturated rings. The summed E-state index contributed by atoms with van der Waals surface area (Å²) in [6, 6.07) is 8.93. The average molecular weight is 302 g/mol. The van der Waals surface area contributed by atoms with E-state index in [-0.39, 0.29) is 12.1 Å². The van der Waals surface area contributed by atoms with Gasteiger partial charge in [0.25, 0.3) is 0 Å². The van der Waals surface area contributed by atoms with Gasteiger partial charge < -0.3 is 10.1 Å². The van der Waals surface area contributed by atoms with Gasteiger partial charge in [-0.15, -0.1) is 11.3 Å². The normalized spacial score (nSPS) is 19.2. The predicted octanol–water partition coefficient (Wildman–Crippen LogP) is 3.89. The molecular weight excluding hydrogens is 280 g/mol. The molecule has 0 saturated carbocycles. The Morgan fingerprint density at radius 2 is 2.33 bits per heavy atom. The van der Waals surface area contributed by atoms with E-state index < -0.39 is 0 Å². The highest BCUT2D eigenvalue weighted by Gasteiger charge is 2.25. The van der Waals surface area contributed by atoms with E-state index in [1.54, 1.807) is 11.3 Å². The lowest BCUT2D eigenvalue weighted by Crippen LogP contribution is -2.27. The SMILES string of the molecule is CCCNC(CC1OCCc2ccccc21)c1cscn1. The summed E-state index contributed by atoms with van der Waals surface area (Å²) in [4.78, 5) is 4.49. The van der Waals surface area contributed by atoms with Crippen molar-refractivity contribution in [3.05, 3.63) is 52.0 Å². The van der Waals surface area contributed by atoms with E-state index in [0.717, 1.165) is 38.1 Å². The van der Waals surface area contributed by atoms with Crippen molar-refractivity contribution in [2.75, 3.05) is 13.2 Å². The minimum Gasteiger partial charge on any atom is -0.373 e. The summed E-state index contributed by atoms with van der Waals surface area (Å²) in [5.41, 5.74) is 5.83. The largest absolute Gasteiger partial charge is 0.373 e. The highest BCUT2D eigenvalue weighted by molar-refractivity contribution is 7.07. The van der Waals surface area contributed by atoms with Crippen LogP contribution in [0.3, 0.4) is 0 Å². The van der Waals surface area contributed by atoms with Gasteiger partial charge in [0.2, 0.25) is 0 Å². The molecule has 1 aliphatic rings. The van der Waals surface area contributed by atoms with E-state index >= 15 is 0 Å². The minimum absolute atomic E-state index is 0.172. The van der Waals surface area contributed by atoms with Crippen molar-refractivity contribution < 1.29 is 4.74 Å². The van der Waals surface area contributed by atoms with Gasteiger partial charge in [-0.25, -0.2) is 4.98 Å². The molecule has 0 bridgehead atoms. The van der Waals surface area contributed by atoms with Crippen LogP contribution in [-0.4, -0.2) is 18.1 Å². The number of ether oxygens (including phenoxy) is 1. The summed E-state index contributed by atoms with van der Waals surface area (Å²) in [6.07, 6.45) is 3.27. The molecule has 1 N–H and O–H groups in total. The maximum atomic E-state index is 6.05. The number of thiazole rings is 1. The Kier molecular flexibility index (Phi) is 5.01. The van der Waals surface area contributed by atoms with Gasteiger partial charge in [0.05, 0.1) is 30.0 Å². The van der Waals surface area contributed by atoms with Crippen molar-refractivity contribution in [3.8, 4) is 0 Å². The molecule has 2 aromatic rings. The van der Waals surface area contributed by atoms with Gasteiger partial charge >= 0.3 is 0 Å².